The number of hydrogen-bond donors (Lipinski definition) is 2. The lowest BCUT2D eigenvalue weighted by Crippen LogP contribution is -2.38. The lowest BCUT2D eigenvalue weighted by atomic mass is 10.1. The van der Waals surface area contributed by atoms with E-state index < -0.39 is 0 Å². The van der Waals surface area contributed by atoms with E-state index in [-0.39, 0.29) is 5.91 Å². The van der Waals surface area contributed by atoms with Crippen LogP contribution in [0.4, 0.5) is 11.4 Å². The number of benzene rings is 2. The van der Waals surface area contributed by atoms with Crippen molar-refractivity contribution in [1.82, 2.24) is 9.80 Å². The minimum Gasteiger partial charge on any atom is -0.397 e. The number of amides is 1. The fourth-order valence-corrected chi connectivity index (χ4v) is 5.75. The van der Waals surface area contributed by atoms with Gasteiger partial charge in [0.05, 0.1) is 11.4 Å². The number of nitrogens with two attached hydrogens (primary N) is 1. The highest BCUT2D eigenvalue weighted by atomic mass is 32.1. The number of carbonyl (C=O) groups is 1. The van der Waals surface area contributed by atoms with Gasteiger partial charge in [-0.15, -0.1) is 11.3 Å². The van der Waals surface area contributed by atoms with Gasteiger partial charge >= 0.3 is 0 Å². The number of nitrogen functional groups attached to an aromatic ring is 1. The summed E-state index contributed by atoms with van der Waals surface area (Å²) in [5.74, 6) is -0.135. The first kappa shape index (κ1) is 22.1. The van der Waals surface area contributed by atoms with Crippen LogP contribution < -0.4 is 11.1 Å². The molecule has 1 aromatic heterocycles. The largest absolute Gasteiger partial charge is 0.397 e. The van der Waals surface area contributed by atoms with Crippen LogP contribution in [0.25, 0.3) is 10.4 Å². The Morgan fingerprint density at radius 1 is 1.03 bits per heavy atom. The van der Waals surface area contributed by atoms with Crippen molar-refractivity contribution in [2.45, 2.75) is 38.3 Å². The van der Waals surface area contributed by atoms with Gasteiger partial charge in [-0.1, -0.05) is 24.3 Å². The number of thiophene rings is 1. The molecule has 5 rings (SSSR count). The number of carbonyl (C=O) groups excluding carboxylic acids is 1. The highest BCUT2D eigenvalue weighted by Gasteiger charge is 2.27. The Labute approximate surface area is 200 Å². The van der Waals surface area contributed by atoms with Crippen molar-refractivity contribution >= 4 is 28.6 Å². The molecular weight excluding hydrogens is 428 g/mol. The van der Waals surface area contributed by atoms with Crippen molar-refractivity contribution in [2.24, 2.45) is 0 Å². The van der Waals surface area contributed by atoms with E-state index in [1.165, 1.54) is 57.4 Å². The summed E-state index contributed by atoms with van der Waals surface area (Å²) in [4.78, 5) is 19.3. The standard InChI is InChI=1S/C27H32N4OS/c28-24-12-11-22(26-6-4-16-33-26)17-25(24)29-27(32)21-9-7-20(8-10-21)18-31-15-3-5-23(31)19-30-13-1-2-14-30/h4,6-12,16-17,23H,1-3,5,13-15,18-19,28H2,(H,29,32). The van der Waals surface area contributed by atoms with Gasteiger partial charge in [0.25, 0.3) is 5.91 Å². The second kappa shape index (κ2) is 10.1. The molecule has 172 valence electrons. The second-order valence-corrected chi connectivity index (χ2v) is 10.2. The quantitative estimate of drug-likeness (QED) is 0.469. The molecule has 1 unspecified atom stereocenters. The topological polar surface area (TPSA) is 61.6 Å². The average molecular weight is 461 g/mol. The van der Waals surface area contributed by atoms with Gasteiger partial charge in [-0.3, -0.25) is 9.69 Å². The van der Waals surface area contributed by atoms with Crippen LogP contribution >= 0.6 is 11.3 Å². The maximum Gasteiger partial charge on any atom is 0.255 e. The molecule has 0 bridgehead atoms. The van der Waals surface area contributed by atoms with Crippen LogP contribution in [0.1, 0.15) is 41.6 Å². The van der Waals surface area contributed by atoms with Crippen molar-refractivity contribution in [3.63, 3.8) is 0 Å². The van der Waals surface area contributed by atoms with Crippen molar-refractivity contribution in [2.75, 3.05) is 37.2 Å². The summed E-state index contributed by atoms with van der Waals surface area (Å²) in [5.41, 5.74) is 10.3. The van der Waals surface area contributed by atoms with Gasteiger partial charge in [0, 0.05) is 29.6 Å². The Bertz CT molecular complexity index is 1070. The van der Waals surface area contributed by atoms with Gasteiger partial charge in [-0.05, 0) is 92.2 Å². The molecule has 2 aliphatic heterocycles. The van der Waals surface area contributed by atoms with E-state index in [2.05, 4.69) is 33.3 Å². The van der Waals surface area contributed by atoms with Gasteiger partial charge in [0.2, 0.25) is 0 Å². The third-order valence-electron chi connectivity index (χ3n) is 6.88. The SMILES string of the molecule is Nc1ccc(-c2cccs2)cc1NC(=O)c1ccc(CN2CCCC2CN2CCCC2)cc1. The van der Waals surface area contributed by atoms with E-state index in [0.717, 1.165) is 17.0 Å². The van der Waals surface area contributed by atoms with Crippen LogP contribution in [-0.2, 0) is 6.54 Å². The lowest BCUT2D eigenvalue weighted by Gasteiger charge is -2.28. The fraction of sp³-hybridized carbons (Fsp3) is 0.370. The normalized spacial score (nSPS) is 19.2. The molecule has 0 spiro atoms. The molecule has 3 heterocycles. The van der Waals surface area contributed by atoms with Crippen molar-refractivity contribution in [1.29, 1.82) is 0 Å². The molecule has 2 saturated heterocycles. The molecule has 1 atom stereocenters. The Morgan fingerprint density at radius 3 is 2.61 bits per heavy atom. The van der Waals surface area contributed by atoms with E-state index in [0.29, 0.717) is 23.0 Å². The summed E-state index contributed by atoms with van der Waals surface area (Å²) >= 11 is 1.67. The Hall–Kier alpha value is -2.67. The highest BCUT2D eigenvalue weighted by Crippen LogP contribution is 2.30. The van der Waals surface area contributed by atoms with Crippen LogP contribution in [0.15, 0.2) is 60.0 Å². The summed E-state index contributed by atoms with van der Waals surface area (Å²) in [6.07, 6.45) is 5.27. The number of anilines is 2. The fourth-order valence-electron chi connectivity index (χ4n) is 5.02. The second-order valence-electron chi connectivity index (χ2n) is 9.20. The number of nitrogens with one attached hydrogen (secondary N) is 1. The molecule has 2 fully saturated rings. The number of likely N-dealkylation sites (tertiary alicyclic amines) is 2. The molecule has 0 saturated carbocycles. The molecule has 1 amide bonds. The van der Waals surface area contributed by atoms with E-state index >= 15 is 0 Å². The van der Waals surface area contributed by atoms with Gasteiger partial charge in [0.15, 0.2) is 0 Å². The highest BCUT2D eigenvalue weighted by molar-refractivity contribution is 7.13. The van der Waals surface area contributed by atoms with E-state index in [9.17, 15) is 4.79 Å². The monoisotopic (exact) mass is 460 g/mol. The van der Waals surface area contributed by atoms with Gasteiger partial charge in [-0.2, -0.15) is 0 Å². The molecule has 2 aromatic carbocycles. The summed E-state index contributed by atoms with van der Waals surface area (Å²) in [6, 6.07) is 18.6. The average Bonchev–Trinajstić information content (AvgIpc) is 3.60. The van der Waals surface area contributed by atoms with Gasteiger partial charge < -0.3 is 16.0 Å². The van der Waals surface area contributed by atoms with Crippen molar-refractivity contribution < 1.29 is 4.79 Å². The van der Waals surface area contributed by atoms with Crippen molar-refractivity contribution in [3.05, 3.63) is 71.1 Å². The Balaban J connectivity index is 1.21. The predicted octanol–water partition coefficient (Wildman–Crippen LogP) is 5.31. The summed E-state index contributed by atoms with van der Waals surface area (Å²) in [5, 5.41) is 5.04. The molecule has 3 aromatic rings. The lowest BCUT2D eigenvalue weighted by molar-refractivity contribution is 0.102. The molecule has 6 heteroatoms. The van der Waals surface area contributed by atoms with E-state index in [1.54, 1.807) is 11.3 Å². The third-order valence-corrected chi connectivity index (χ3v) is 7.79. The zero-order valence-electron chi connectivity index (χ0n) is 19.0. The smallest absolute Gasteiger partial charge is 0.255 e. The minimum atomic E-state index is -0.135. The summed E-state index contributed by atoms with van der Waals surface area (Å²) in [7, 11) is 0. The molecule has 2 aliphatic rings. The zero-order chi connectivity index (χ0) is 22.6. The van der Waals surface area contributed by atoms with Crippen molar-refractivity contribution in [3.8, 4) is 10.4 Å². The maximum atomic E-state index is 12.9. The number of rotatable bonds is 7. The number of hydrogen-bond acceptors (Lipinski definition) is 5. The van der Waals surface area contributed by atoms with Crippen LogP contribution in [0.5, 0.6) is 0 Å². The molecule has 0 aliphatic carbocycles. The van der Waals surface area contributed by atoms with Crippen LogP contribution in [-0.4, -0.2) is 47.9 Å². The molecule has 3 N–H and O–H groups in total. The van der Waals surface area contributed by atoms with Crippen LogP contribution in [0, 0.1) is 0 Å². The third kappa shape index (κ3) is 5.29. The van der Waals surface area contributed by atoms with Crippen LogP contribution in [0.3, 0.4) is 0 Å². The minimum absolute atomic E-state index is 0.135. The molecule has 0 radical (unpaired) electrons. The first-order chi connectivity index (χ1) is 16.2. The zero-order valence-corrected chi connectivity index (χ0v) is 19.8. The van der Waals surface area contributed by atoms with E-state index in [1.807, 2.05) is 41.8 Å². The molecule has 5 nitrogen and oxygen atoms in total. The van der Waals surface area contributed by atoms with Gasteiger partial charge in [-0.25, -0.2) is 0 Å². The van der Waals surface area contributed by atoms with E-state index in [4.69, 9.17) is 5.73 Å². The maximum absolute atomic E-state index is 12.9. The first-order valence-corrected chi connectivity index (χ1v) is 12.8. The van der Waals surface area contributed by atoms with Gasteiger partial charge in [0.1, 0.15) is 0 Å². The Morgan fingerprint density at radius 2 is 1.85 bits per heavy atom. The first-order valence-electron chi connectivity index (χ1n) is 12.0. The number of nitrogens with zero attached hydrogens (tertiary/aromatic N) is 2. The summed E-state index contributed by atoms with van der Waals surface area (Å²) in [6.45, 7) is 5.84. The summed E-state index contributed by atoms with van der Waals surface area (Å²) < 4.78 is 0. The predicted molar refractivity (Wildman–Crippen MR) is 138 cm³/mol. The molecule has 33 heavy (non-hydrogen) atoms. The Kier molecular flexibility index (Phi) is 6.76. The molecular formula is C27H32N4OS. The van der Waals surface area contributed by atoms with Crippen LogP contribution in [0.2, 0.25) is 0 Å².